The number of rotatable bonds is 3. The smallest absolute Gasteiger partial charge is 0.0473 e. The van der Waals surface area contributed by atoms with Crippen molar-refractivity contribution in [1.29, 1.82) is 0 Å². The van der Waals surface area contributed by atoms with Crippen molar-refractivity contribution >= 4 is 5.69 Å². The van der Waals surface area contributed by atoms with E-state index in [-0.39, 0.29) is 6.04 Å². The molecule has 1 aliphatic heterocycles. The van der Waals surface area contributed by atoms with Crippen LogP contribution in [-0.2, 0) is 6.42 Å². The van der Waals surface area contributed by atoms with Crippen molar-refractivity contribution in [1.82, 2.24) is 0 Å². The second kappa shape index (κ2) is 5.06. The lowest BCUT2D eigenvalue weighted by molar-refractivity contribution is 0.681. The Labute approximate surface area is 114 Å². The summed E-state index contributed by atoms with van der Waals surface area (Å²) in [5.41, 5.74) is 11.6. The van der Waals surface area contributed by atoms with Gasteiger partial charge in [-0.05, 0) is 30.5 Å². The van der Waals surface area contributed by atoms with Crippen molar-refractivity contribution in [2.45, 2.75) is 19.4 Å². The van der Waals surface area contributed by atoms with Crippen LogP contribution >= 0.6 is 0 Å². The van der Waals surface area contributed by atoms with Crippen molar-refractivity contribution in [3.05, 3.63) is 65.2 Å². The Kier molecular flexibility index (Phi) is 3.26. The van der Waals surface area contributed by atoms with Crippen LogP contribution in [0.3, 0.4) is 0 Å². The predicted octanol–water partition coefficient (Wildman–Crippen LogP) is 3.06. The summed E-state index contributed by atoms with van der Waals surface area (Å²) in [6.45, 7) is 4.07. The molecule has 1 aliphatic rings. The maximum Gasteiger partial charge on any atom is 0.0473 e. The van der Waals surface area contributed by atoms with Crippen molar-refractivity contribution in [2.75, 3.05) is 18.0 Å². The Morgan fingerprint density at radius 3 is 2.63 bits per heavy atom. The van der Waals surface area contributed by atoms with E-state index in [0.717, 1.165) is 19.5 Å². The van der Waals surface area contributed by atoms with Gasteiger partial charge in [0.25, 0.3) is 0 Å². The molecule has 0 radical (unpaired) electrons. The summed E-state index contributed by atoms with van der Waals surface area (Å²) in [6, 6.07) is 17.3. The summed E-state index contributed by atoms with van der Waals surface area (Å²) in [5.74, 6) is 0. The van der Waals surface area contributed by atoms with Crippen molar-refractivity contribution in [3.63, 3.8) is 0 Å². The SMILES string of the molecule is Cc1ccc(C(N)CN2CCc3ccccc32)cc1. The molecule has 0 aliphatic carbocycles. The Morgan fingerprint density at radius 1 is 1.11 bits per heavy atom. The van der Waals surface area contributed by atoms with Crippen LogP contribution in [0.1, 0.15) is 22.7 Å². The van der Waals surface area contributed by atoms with Crippen molar-refractivity contribution in [2.24, 2.45) is 5.73 Å². The van der Waals surface area contributed by atoms with Crippen molar-refractivity contribution in [3.8, 4) is 0 Å². The van der Waals surface area contributed by atoms with Gasteiger partial charge in [-0.2, -0.15) is 0 Å². The first kappa shape index (κ1) is 12.2. The molecule has 19 heavy (non-hydrogen) atoms. The van der Waals surface area contributed by atoms with E-state index < -0.39 is 0 Å². The third-order valence-corrected chi connectivity index (χ3v) is 3.91. The number of nitrogens with two attached hydrogens (primary N) is 1. The molecule has 2 aromatic carbocycles. The average molecular weight is 252 g/mol. The van der Waals surface area contributed by atoms with Crippen LogP contribution in [0.2, 0.25) is 0 Å². The maximum absolute atomic E-state index is 6.34. The standard InChI is InChI=1S/C17H20N2/c1-13-6-8-14(9-7-13)16(18)12-19-11-10-15-4-2-3-5-17(15)19/h2-9,16H,10-12,18H2,1H3. The molecule has 3 rings (SSSR count). The van der Waals surface area contributed by atoms with Gasteiger partial charge in [0.15, 0.2) is 0 Å². The van der Waals surface area contributed by atoms with E-state index in [1.165, 1.54) is 22.4 Å². The molecule has 0 saturated heterocycles. The monoisotopic (exact) mass is 252 g/mol. The van der Waals surface area contributed by atoms with Gasteiger partial charge in [0.2, 0.25) is 0 Å². The quantitative estimate of drug-likeness (QED) is 0.909. The molecule has 1 unspecified atom stereocenters. The Balaban J connectivity index is 1.74. The number of para-hydroxylation sites is 1. The highest BCUT2D eigenvalue weighted by atomic mass is 15.2. The first-order valence-corrected chi connectivity index (χ1v) is 6.89. The van der Waals surface area contributed by atoms with Gasteiger partial charge in [-0.25, -0.2) is 0 Å². The highest BCUT2D eigenvalue weighted by Gasteiger charge is 2.20. The largest absolute Gasteiger partial charge is 0.369 e. The summed E-state index contributed by atoms with van der Waals surface area (Å²) in [7, 11) is 0. The van der Waals surface area contributed by atoms with E-state index in [0.29, 0.717) is 0 Å². The van der Waals surface area contributed by atoms with Gasteiger partial charge in [0.1, 0.15) is 0 Å². The Bertz CT molecular complexity index is 560. The molecule has 2 nitrogen and oxygen atoms in total. The van der Waals surface area contributed by atoms with Crippen LogP contribution < -0.4 is 10.6 Å². The first-order valence-electron chi connectivity index (χ1n) is 6.89. The highest BCUT2D eigenvalue weighted by molar-refractivity contribution is 5.58. The summed E-state index contributed by atoms with van der Waals surface area (Å²) in [4.78, 5) is 2.40. The molecular formula is C17H20N2. The molecule has 2 N–H and O–H groups in total. The van der Waals surface area contributed by atoms with Gasteiger partial charge in [-0.1, -0.05) is 48.0 Å². The first-order chi connectivity index (χ1) is 9.24. The second-order valence-corrected chi connectivity index (χ2v) is 5.34. The lowest BCUT2D eigenvalue weighted by atomic mass is 10.1. The lowest BCUT2D eigenvalue weighted by Gasteiger charge is -2.24. The number of hydrogen-bond acceptors (Lipinski definition) is 2. The van der Waals surface area contributed by atoms with Gasteiger partial charge in [-0.3, -0.25) is 0 Å². The summed E-state index contributed by atoms with van der Waals surface area (Å²) >= 11 is 0. The van der Waals surface area contributed by atoms with E-state index >= 15 is 0 Å². The fourth-order valence-corrected chi connectivity index (χ4v) is 2.75. The average Bonchev–Trinajstić information content (AvgIpc) is 2.83. The zero-order chi connectivity index (χ0) is 13.2. The fraction of sp³-hybridized carbons (Fsp3) is 0.294. The van der Waals surface area contributed by atoms with Crippen molar-refractivity contribution < 1.29 is 0 Å². The molecule has 1 atom stereocenters. The predicted molar refractivity (Wildman–Crippen MR) is 80.5 cm³/mol. The van der Waals surface area contributed by atoms with Gasteiger partial charge in [0.05, 0.1) is 0 Å². The summed E-state index contributed by atoms with van der Waals surface area (Å²) in [5, 5.41) is 0. The molecule has 1 heterocycles. The molecule has 0 saturated carbocycles. The molecular weight excluding hydrogens is 232 g/mol. The topological polar surface area (TPSA) is 29.3 Å². The number of nitrogens with zero attached hydrogens (tertiary/aromatic N) is 1. The molecule has 2 heteroatoms. The minimum absolute atomic E-state index is 0.0757. The zero-order valence-electron chi connectivity index (χ0n) is 11.3. The van der Waals surface area contributed by atoms with E-state index in [2.05, 4.69) is 60.4 Å². The summed E-state index contributed by atoms with van der Waals surface area (Å²) < 4.78 is 0. The van der Waals surface area contributed by atoms with E-state index in [9.17, 15) is 0 Å². The third-order valence-electron chi connectivity index (χ3n) is 3.91. The number of anilines is 1. The molecule has 98 valence electrons. The highest BCUT2D eigenvalue weighted by Crippen LogP contribution is 2.28. The van der Waals surface area contributed by atoms with E-state index in [4.69, 9.17) is 5.73 Å². The number of fused-ring (bicyclic) bond motifs is 1. The van der Waals surface area contributed by atoms with Crippen LogP contribution in [-0.4, -0.2) is 13.1 Å². The molecule has 0 amide bonds. The van der Waals surface area contributed by atoms with Gasteiger partial charge in [0, 0.05) is 24.8 Å². The van der Waals surface area contributed by atoms with E-state index in [1.54, 1.807) is 0 Å². The van der Waals surface area contributed by atoms with Crippen LogP contribution in [0.25, 0.3) is 0 Å². The van der Waals surface area contributed by atoms with E-state index in [1.807, 2.05) is 0 Å². The lowest BCUT2D eigenvalue weighted by Crippen LogP contribution is -2.30. The molecule has 2 aromatic rings. The molecule has 0 aromatic heterocycles. The summed E-state index contributed by atoms with van der Waals surface area (Å²) in [6.07, 6.45) is 1.14. The van der Waals surface area contributed by atoms with Crippen LogP contribution in [0.15, 0.2) is 48.5 Å². The Morgan fingerprint density at radius 2 is 1.84 bits per heavy atom. The molecule has 0 fully saturated rings. The molecule has 0 bridgehead atoms. The third kappa shape index (κ3) is 2.49. The van der Waals surface area contributed by atoms with Crippen LogP contribution in [0, 0.1) is 6.92 Å². The Hall–Kier alpha value is -1.80. The minimum Gasteiger partial charge on any atom is -0.369 e. The second-order valence-electron chi connectivity index (χ2n) is 5.34. The number of hydrogen-bond donors (Lipinski definition) is 1. The number of benzene rings is 2. The number of aryl methyl sites for hydroxylation is 1. The van der Waals surface area contributed by atoms with Crippen LogP contribution in [0.4, 0.5) is 5.69 Å². The van der Waals surface area contributed by atoms with Gasteiger partial charge >= 0.3 is 0 Å². The fourth-order valence-electron chi connectivity index (χ4n) is 2.75. The zero-order valence-corrected chi connectivity index (χ0v) is 11.3. The molecule has 0 spiro atoms. The maximum atomic E-state index is 6.34. The normalized spacial score (nSPS) is 15.4. The van der Waals surface area contributed by atoms with Gasteiger partial charge in [-0.15, -0.1) is 0 Å². The van der Waals surface area contributed by atoms with Gasteiger partial charge < -0.3 is 10.6 Å². The van der Waals surface area contributed by atoms with Crippen LogP contribution in [0.5, 0.6) is 0 Å². The minimum atomic E-state index is 0.0757.